The summed E-state index contributed by atoms with van der Waals surface area (Å²) in [4.78, 5) is 0.138. The predicted molar refractivity (Wildman–Crippen MR) is 83.5 cm³/mol. The molecule has 1 rings (SSSR count). The van der Waals surface area contributed by atoms with Crippen molar-refractivity contribution >= 4 is 21.6 Å². The van der Waals surface area contributed by atoms with Gasteiger partial charge in [-0.1, -0.05) is 30.7 Å². The maximum atomic E-state index is 12.4. The molecule has 0 spiro atoms. The molecule has 0 heterocycles. The second-order valence-corrected chi connectivity index (χ2v) is 6.94. The molecule has 112 valence electrons. The molecular formula is C14H21ClN2O2S. The van der Waals surface area contributed by atoms with Crippen LogP contribution in [0.4, 0.5) is 0 Å². The van der Waals surface area contributed by atoms with E-state index in [9.17, 15) is 8.42 Å². The molecule has 1 N–H and O–H groups in total. The van der Waals surface area contributed by atoms with E-state index < -0.39 is 10.0 Å². The highest BCUT2D eigenvalue weighted by Crippen LogP contribution is 2.25. The topological polar surface area (TPSA) is 49.4 Å². The second kappa shape index (κ2) is 7.78. The van der Waals surface area contributed by atoms with Gasteiger partial charge in [0.05, 0.1) is 5.02 Å². The van der Waals surface area contributed by atoms with Crippen molar-refractivity contribution in [2.24, 2.45) is 0 Å². The molecule has 0 aromatic heterocycles. The molecule has 0 bridgehead atoms. The maximum absolute atomic E-state index is 12.4. The van der Waals surface area contributed by atoms with E-state index in [1.165, 1.54) is 17.4 Å². The lowest BCUT2D eigenvalue weighted by atomic mass is 10.2. The van der Waals surface area contributed by atoms with Crippen LogP contribution in [0, 0.1) is 0 Å². The first kappa shape index (κ1) is 17.2. The third-order valence-electron chi connectivity index (χ3n) is 2.83. The normalized spacial score (nSPS) is 11.8. The van der Waals surface area contributed by atoms with E-state index in [0.717, 1.165) is 18.5 Å². The molecule has 0 unspecified atom stereocenters. The summed E-state index contributed by atoms with van der Waals surface area (Å²) in [5.41, 5.74) is 0.897. The van der Waals surface area contributed by atoms with Crippen molar-refractivity contribution in [2.45, 2.75) is 24.8 Å². The monoisotopic (exact) mass is 316 g/mol. The summed E-state index contributed by atoms with van der Waals surface area (Å²) in [5.74, 6) is 0. The SMILES string of the molecule is C=CCN(C)S(=O)(=O)c1cc(CNCCC)ccc1Cl. The first-order valence-electron chi connectivity index (χ1n) is 6.49. The second-order valence-electron chi connectivity index (χ2n) is 4.52. The van der Waals surface area contributed by atoms with Crippen molar-refractivity contribution in [2.75, 3.05) is 20.1 Å². The van der Waals surface area contributed by atoms with Gasteiger partial charge in [0.25, 0.3) is 0 Å². The molecule has 1 aromatic rings. The molecule has 0 aliphatic carbocycles. The predicted octanol–water partition coefficient (Wildman–Crippen LogP) is 2.65. The zero-order chi connectivity index (χ0) is 15.2. The number of likely N-dealkylation sites (N-methyl/N-ethyl adjacent to an activating group) is 1. The smallest absolute Gasteiger partial charge is 0.244 e. The number of hydrogen-bond donors (Lipinski definition) is 1. The van der Waals surface area contributed by atoms with Crippen LogP contribution < -0.4 is 5.32 Å². The Bertz CT molecular complexity index is 558. The van der Waals surface area contributed by atoms with E-state index in [1.54, 1.807) is 12.1 Å². The van der Waals surface area contributed by atoms with Crippen molar-refractivity contribution in [1.82, 2.24) is 9.62 Å². The molecule has 20 heavy (non-hydrogen) atoms. The molecule has 0 saturated heterocycles. The Kier molecular flexibility index (Phi) is 6.68. The van der Waals surface area contributed by atoms with Gasteiger partial charge in [0.1, 0.15) is 4.90 Å². The summed E-state index contributed by atoms with van der Waals surface area (Å²) in [5, 5.41) is 3.47. The minimum Gasteiger partial charge on any atom is -0.313 e. The Balaban J connectivity index is 3.04. The maximum Gasteiger partial charge on any atom is 0.244 e. The van der Waals surface area contributed by atoms with Gasteiger partial charge >= 0.3 is 0 Å². The lowest BCUT2D eigenvalue weighted by Crippen LogP contribution is -2.27. The largest absolute Gasteiger partial charge is 0.313 e. The molecule has 1 aromatic carbocycles. The van der Waals surface area contributed by atoms with Gasteiger partial charge in [0.15, 0.2) is 0 Å². The van der Waals surface area contributed by atoms with E-state index >= 15 is 0 Å². The van der Waals surface area contributed by atoms with Gasteiger partial charge in [0.2, 0.25) is 10.0 Å². The highest BCUT2D eigenvalue weighted by atomic mass is 35.5. The van der Waals surface area contributed by atoms with E-state index in [2.05, 4.69) is 18.8 Å². The third-order valence-corrected chi connectivity index (χ3v) is 5.13. The van der Waals surface area contributed by atoms with Crippen molar-refractivity contribution in [3.05, 3.63) is 41.4 Å². The van der Waals surface area contributed by atoms with Crippen LogP contribution in [0.1, 0.15) is 18.9 Å². The minimum atomic E-state index is -3.58. The molecule has 0 fully saturated rings. The van der Waals surface area contributed by atoms with Gasteiger partial charge in [-0.25, -0.2) is 8.42 Å². The van der Waals surface area contributed by atoms with E-state index in [0.29, 0.717) is 6.54 Å². The molecule has 4 nitrogen and oxygen atoms in total. The number of nitrogens with zero attached hydrogens (tertiary/aromatic N) is 1. The Morgan fingerprint density at radius 2 is 2.15 bits per heavy atom. The van der Waals surface area contributed by atoms with Gasteiger partial charge < -0.3 is 5.32 Å². The van der Waals surface area contributed by atoms with Gasteiger partial charge in [0, 0.05) is 20.1 Å². The molecule has 0 aliphatic rings. The molecular weight excluding hydrogens is 296 g/mol. The quantitative estimate of drug-likeness (QED) is 0.592. The molecule has 0 radical (unpaired) electrons. The van der Waals surface area contributed by atoms with Crippen molar-refractivity contribution in [1.29, 1.82) is 0 Å². The van der Waals surface area contributed by atoms with Crippen LogP contribution >= 0.6 is 11.6 Å². The Labute approximate surface area is 126 Å². The van der Waals surface area contributed by atoms with Gasteiger partial charge in [-0.3, -0.25) is 0 Å². The summed E-state index contributed by atoms with van der Waals surface area (Å²) in [7, 11) is -2.07. The Morgan fingerprint density at radius 1 is 1.45 bits per heavy atom. The van der Waals surface area contributed by atoms with E-state index in [-0.39, 0.29) is 16.5 Å². The highest BCUT2D eigenvalue weighted by molar-refractivity contribution is 7.89. The van der Waals surface area contributed by atoms with Crippen molar-refractivity contribution in [3.63, 3.8) is 0 Å². The average molecular weight is 317 g/mol. The fourth-order valence-corrected chi connectivity index (χ4v) is 3.37. The summed E-state index contributed by atoms with van der Waals surface area (Å²) in [6.45, 7) is 7.39. The lowest BCUT2D eigenvalue weighted by Gasteiger charge is -2.17. The Morgan fingerprint density at radius 3 is 2.75 bits per heavy atom. The molecule has 0 aliphatic heterocycles. The van der Waals surface area contributed by atoms with E-state index in [1.807, 2.05) is 6.07 Å². The van der Waals surface area contributed by atoms with Crippen molar-refractivity contribution in [3.8, 4) is 0 Å². The fourth-order valence-electron chi connectivity index (χ4n) is 1.71. The highest BCUT2D eigenvalue weighted by Gasteiger charge is 2.23. The molecule has 0 atom stereocenters. The number of nitrogens with one attached hydrogen (secondary N) is 1. The standard InChI is InChI=1S/C14H21ClN2O2S/c1-4-8-16-11-12-6-7-13(15)14(10-12)20(18,19)17(3)9-5-2/h5-7,10,16H,2,4,8-9,11H2,1,3H3. The summed E-state index contributed by atoms with van der Waals surface area (Å²) in [6.07, 6.45) is 2.57. The van der Waals surface area contributed by atoms with Crippen LogP contribution in [0.3, 0.4) is 0 Å². The van der Waals surface area contributed by atoms with Crippen molar-refractivity contribution < 1.29 is 8.42 Å². The summed E-state index contributed by atoms with van der Waals surface area (Å²) >= 11 is 6.03. The van der Waals surface area contributed by atoms with Gasteiger partial charge in [-0.2, -0.15) is 4.31 Å². The van der Waals surface area contributed by atoms with Crippen LogP contribution in [0.5, 0.6) is 0 Å². The first-order chi connectivity index (χ1) is 9.43. The number of benzene rings is 1. The minimum absolute atomic E-state index is 0.138. The number of sulfonamides is 1. The first-order valence-corrected chi connectivity index (χ1v) is 8.31. The number of halogens is 1. The van der Waals surface area contributed by atoms with Crippen LogP contribution in [0.15, 0.2) is 35.7 Å². The Hall–Kier alpha value is -0.880. The fraction of sp³-hybridized carbons (Fsp3) is 0.429. The molecule has 0 saturated carbocycles. The third kappa shape index (κ3) is 4.31. The van der Waals surface area contributed by atoms with Crippen LogP contribution in [-0.4, -0.2) is 32.9 Å². The molecule has 6 heteroatoms. The van der Waals surface area contributed by atoms with Crippen LogP contribution in [0.25, 0.3) is 0 Å². The summed E-state index contributed by atoms with van der Waals surface area (Å²) < 4.78 is 26.0. The van der Waals surface area contributed by atoms with E-state index in [4.69, 9.17) is 11.6 Å². The average Bonchev–Trinajstić information content (AvgIpc) is 2.41. The van der Waals surface area contributed by atoms with Crippen LogP contribution in [-0.2, 0) is 16.6 Å². The zero-order valence-corrected chi connectivity index (χ0v) is 13.5. The number of rotatable bonds is 8. The number of hydrogen-bond acceptors (Lipinski definition) is 3. The molecule has 0 amide bonds. The van der Waals surface area contributed by atoms with Crippen LogP contribution in [0.2, 0.25) is 5.02 Å². The zero-order valence-electron chi connectivity index (χ0n) is 11.9. The van der Waals surface area contributed by atoms with Gasteiger partial charge in [-0.15, -0.1) is 6.58 Å². The summed E-state index contributed by atoms with van der Waals surface area (Å²) in [6, 6.07) is 5.08. The van der Waals surface area contributed by atoms with Gasteiger partial charge in [-0.05, 0) is 30.7 Å². The lowest BCUT2D eigenvalue weighted by molar-refractivity contribution is 0.499.